The van der Waals surface area contributed by atoms with Crippen molar-refractivity contribution in [3.05, 3.63) is 34.9 Å². The molecule has 19 heavy (non-hydrogen) atoms. The average Bonchev–Trinajstić information content (AvgIpc) is 2.47. The van der Waals surface area contributed by atoms with Crippen molar-refractivity contribution >= 4 is 11.8 Å². The molecule has 1 aliphatic rings. The molecule has 1 unspecified atom stereocenters. The molecule has 4 heteroatoms. The van der Waals surface area contributed by atoms with E-state index in [0.29, 0.717) is 13.0 Å². The first-order valence-electron chi connectivity index (χ1n) is 6.59. The zero-order valence-electron chi connectivity index (χ0n) is 11.7. The number of hydrogen-bond donors (Lipinski definition) is 1. The van der Waals surface area contributed by atoms with Gasteiger partial charge in [-0.1, -0.05) is 18.2 Å². The van der Waals surface area contributed by atoms with Gasteiger partial charge in [-0.3, -0.25) is 9.59 Å². The van der Waals surface area contributed by atoms with Crippen LogP contribution in [0, 0.1) is 13.8 Å². The minimum atomic E-state index is -0.0587. The Morgan fingerprint density at radius 3 is 2.68 bits per heavy atom. The second-order valence-electron chi connectivity index (χ2n) is 5.27. The Morgan fingerprint density at radius 1 is 1.26 bits per heavy atom. The Morgan fingerprint density at radius 2 is 2.00 bits per heavy atom. The second kappa shape index (κ2) is 5.43. The van der Waals surface area contributed by atoms with Crippen molar-refractivity contribution in [3.63, 3.8) is 0 Å². The number of aryl methyl sites for hydroxylation is 2. The van der Waals surface area contributed by atoms with E-state index in [9.17, 15) is 9.59 Å². The van der Waals surface area contributed by atoms with Crippen LogP contribution in [0.3, 0.4) is 0 Å². The number of amides is 2. The largest absolute Gasteiger partial charge is 0.347 e. The number of carbonyl (C=O) groups is 2. The van der Waals surface area contributed by atoms with Crippen molar-refractivity contribution in [1.82, 2.24) is 10.2 Å². The lowest BCUT2D eigenvalue weighted by atomic mass is 10.1. The average molecular weight is 260 g/mol. The maximum Gasteiger partial charge on any atom is 0.242 e. The molecule has 1 aliphatic heterocycles. The van der Waals surface area contributed by atoms with E-state index in [1.807, 2.05) is 13.0 Å². The van der Waals surface area contributed by atoms with Crippen molar-refractivity contribution in [1.29, 1.82) is 0 Å². The molecule has 1 fully saturated rings. The van der Waals surface area contributed by atoms with Gasteiger partial charge in [-0.15, -0.1) is 0 Å². The molecule has 0 aliphatic carbocycles. The molecule has 1 aromatic rings. The summed E-state index contributed by atoms with van der Waals surface area (Å²) in [5.41, 5.74) is 3.58. The lowest BCUT2D eigenvalue weighted by molar-refractivity contribution is -0.132. The number of nitrogens with zero attached hydrogens (tertiary/aromatic N) is 1. The zero-order valence-corrected chi connectivity index (χ0v) is 11.7. The zero-order chi connectivity index (χ0) is 14.0. The molecule has 1 saturated heterocycles. The Labute approximate surface area is 113 Å². The van der Waals surface area contributed by atoms with E-state index in [1.54, 1.807) is 4.90 Å². The molecule has 0 radical (unpaired) electrons. The summed E-state index contributed by atoms with van der Waals surface area (Å²) in [7, 11) is 0. The summed E-state index contributed by atoms with van der Waals surface area (Å²) in [6, 6.07) is 6.16. The van der Waals surface area contributed by atoms with Crippen LogP contribution in [0.5, 0.6) is 0 Å². The lowest BCUT2D eigenvalue weighted by Gasteiger charge is -2.26. The van der Waals surface area contributed by atoms with E-state index in [1.165, 1.54) is 11.1 Å². The van der Waals surface area contributed by atoms with Gasteiger partial charge in [0.05, 0.1) is 6.54 Å². The summed E-state index contributed by atoms with van der Waals surface area (Å²) in [4.78, 5) is 25.3. The number of nitrogens with one attached hydrogen (secondary N) is 1. The van der Waals surface area contributed by atoms with E-state index in [4.69, 9.17) is 0 Å². The molecular weight excluding hydrogens is 240 g/mol. The van der Waals surface area contributed by atoms with Gasteiger partial charge in [0.25, 0.3) is 0 Å². The van der Waals surface area contributed by atoms with Gasteiger partial charge in [0.2, 0.25) is 11.8 Å². The maximum absolute atomic E-state index is 12.0. The summed E-state index contributed by atoms with van der Waals surface area (Å²) < 4.78 is 0. The van der Waals surface area contributed by atoms with Crippen LogP contribution >= 0.6 is 0 Å². The molecule has 2 amide bonds. The molecule has 0 bridgehead atoms. The fourth-order valence-electron chi connectivity index (χ4n) is 2.31. The van der Waals surface area contributed by atoms with E-state index >= 15 is 0 Å². The molecule has 0 aromatic heterocycles. The Hall–Kier alpha value is -1.84. The quantitative estimate of drug-likeness (QED) is 0.877. The third kappa shape index (κ3) is 3.13. The molecule has 1 aromatic carbocycles. The first-order valence-corrected chi connectivity index (χ1v) is 6.59. The summed E-state index contributed by atoms with van der Waals surface area (Å²) in [5, 5.41) is 2.63. The van der Waals surface area contributed by atoms with Gasteiger partial charge >= 0.3 is 0 Å². The highest BCUT2D eigenvalue weighted by molar-refractivity contribution is 5.87. The predicted octanol–water partition coefficient (Wildman–Crippen LogP) is 1.54. The standard InChI is InChI=1S/C15H20N2O2/c1-10-4-5-13(6-11(10)2)9-17-12(3)7-14(18)16-8-15(17)19/h4-6,12H,7-9H2,1-3H3,(H,16,18). The van der Waals surface area contributed by atoms with E-state index in [-0.39, 0.29) is 24.4 Å². The van der Waals surface area contributed by atoms with Crippen molar-refractivity contribution < 1.29 is 9.59 Å². The summed E-state index contributed by atoms with van der Waals surface area (Å²) in [5.74, 6) is -0.0694. The molecule has 102 valence electrons. The Balaban J connectivity index is 2.17. The number of rotatable bonds is 2. The minimum absolute atomic E-state index is 0.0171. The van der Waals surface area contributed by atoms with Gasteiger partial charge in [-0.2, -0.15) is 0 Å². The van der Waals surface area contributed by atoms with Gasteiger partial charge in [0.15, 0.2) is 0 Å². The molecule has 0 saturated carbocycles. The summed E-state index contributed by atoms with van der Waals surface area (Å²) in [6.45, 7) is 6.73. The first kappa shape index (κ1) is 13.6. The Kier molecular flexibility index (Phi) is 3.88. The van der Waals surface area contributed by atoms with Crippen LogP contribution in [-0.2, 0) is 16.1 Å². The molecule has 2 rings (SSSR count). The molecule has 4 nitrogen and oxygen atoms in total. The number of hydrogen-bond acceptors (Lipinski definition) is 2. The van der Waals surface area contributed by atoms with Crippen molar-refractivity contribution in [3.8, 4) is 0 Å². The van der Waals surface area contributed by atoms with Crippen LogP contribution in [0.2, 0.25) is 0 Å². The van der Waals surface area contributed by atoms with E-state index < -0.39 is 0 Å². The first-order chi connectivity index (χ1) is 8.97. The predicted molar refractivity (Wildman–Crippen MR) is 73.6 cm³/mol. The normalized spacial score (nSPS) is 20.2. The number of carbonyl (C=O) groups excluding carboxylic acids is 2. The van der Waals surface area contributed by atoms with E-state index in [2.05, 4.69) is 31.3 Å². The third-order valence-electron chi connectivity index (χ3n) is 3.69. The van der Waals surface area contributed by atoms with Crippen LogP contribution < -0.4 is 5.32 Å². The number of benzene rings is 1. The fraction of sp³-hybridized carbons (Fsp3) is 0.467. The Bertz CT molecular complexity index is 511. The highest BCUT2D eigenvalue weighted by Gasteiger charge is 2.26. The summed E-state index contributed by atoms with van der Waals surface area (Å²) in [6.07, 6.45) is 0.372. The molecule has 0 spiro atoms. The van der Waals surface area contributed by atoms with Crippen LogP contribution in [0.4, 0.5) is 0 Å². The third-order valence-corrected chi connectivity index (χ3v) is 3.69. The molecular formula is C15H20N2O2. The molecule has 1 atom stereocenters. The van der Waals surface area contributed by atoms with Crippen LogP contribution in [0.25, 0.3) is 0 Å². The topological polar surface area (TPSA) is 49.4 Å². The van der Waals surface area contributed by atoms with Crippen molar-refractivity contribution in [2.24, 2.45) is 0 Å². The molecule has 1 N–H and O–H groups in total. The van der Waals surface area contributed by atoms with Crippen molar-refractivity contribution in [2.45, 2.75) is 39.8 Å². The van der Waals surface area contributed by atoms with Gasteiger partial charge in [0, 0.05) is 19.0 Å². The smallest absolute Gasteiger partial charge is 0.242 e. The SMILES string of the molecule is Cc1ccc(CN2C(=O)CNC(=O)CC2C)cc1C. The van der Waals surface area contributed by atoms with E-state index in [0.717, 1.165) is 5.56 Å². The van der Waals surface area contributed by atoms with Gasteiger partial charge in [0.1, 0.15) is 0 Å². The van der Waals surface area contributed by atoms with Crippen LogP contribution in [-0.4, -0.2) is 29.3 Å². The van der Waals surface area contributed by atoms with Gasteiger partial charge in [-0.05, 0) is 37.5 Å². The lowest BCUT2D eigenvalue weighted by Crippen LogP contribution is -2.39. The van der Waals surface area contributed by atoms with Crippen LogP contribution in [0.15, 0.2) is 18.2 Å². The summed E-state index contributed by atoms with van der Waals surface area (Å²) >= 11 is 0. The highest BCUT2D eigenvalue weighted by Crippen LogP contribution is 2.16. The molecule has 1 heterocycles. The van der Waals surface area contributed by atoms with Gasteiger partial charge < -0.3 is 10.2 Å². The van der Waals surface area contributed by atoms with Crippen molar-refractivity contribution in [2.75, 3.05) is 6.54 Å². The highest BCUT2D eigenvalue weighted by atomic mass is 16.2. The second-order valence-corrected chi connectivity index (χ2v) is 5.27. The fourth-order valence-corrected chi connectivity index (χ4v) is 2.31. The monoisotopic (exact) mass is 260 g/mol. The maximum atomic E-state index is 12.0. The van der Waals surface area contributed by atoms with Crippen LogP contribution in [0.1, 0.15) is 30.0 Å². The van der Waals surface area contributed by atoms with Gasteiger partial charge in [-0.25, -0.2) is 0 Å². The minimum Gasteiger partial charge on any atom is -0.347 e.